The first kappa shape index (κ1) is 13.2. The van der Waals surface area contributed by atoms with E-state index in [0.717, 1.165) is 25.7 Å². The van der Waals surface area contributed by atoms with Crippen LogP contribution in [0.3, 0.4) is 0 Å². The van der Waals surface area contributed by atoms with E-state index < -0.39 is 0 Å². The predicted octanol–water partition coefficient (Wildman–Crippen LogP) is 3.13. The number of thioether (sulfide) groups is 1. The first-order valence-corrected chi connectivity index (χ1v) is 7.81. The normalized spacial score (nSPS) is 15.6. The molecule has 1 aromatic heterocycles. The molecule has 1 aliphatic carbocycles. The third kappa shape index (κ3) is 2.32. The van der Waals surface area contributed by atoms with Crippen LogP contribution in [0.25, 0.3) is 10.9 Å². The van der Waals surface area contributed by atoms with Gasteiger partial charge in [-0.1, -0.05) is 36.7 Å². The van der Waals surface area contributed by atoms with Gasteiger partial charge in [0, 0.05) is 6.04 Å². The van der Waals surface area contributed by atoms with Gasteiger partial charge < -0.3 is 0 Å². The van der Waals surface area contributed by atoms with Gasteiger partial charge in [0.05, 0.1) is 22.7 Å². The molecule has 3 rings (SSSR count). The van der Waals surface area contributed by atoms with E-state index in [9.17, 15) is 4.79 Å². The van der Waals surface area contributed by atoms with E-state index in [1.54, 1.807) is 0 Å². The predicted molar refractivity (Wildman–Crippen MR) is 79.8 cm³/mol. The summed E-state index contributed by atoms with van der Waals surface area (Å²) < 4.78 is 1.82. The third-order valence-corrected chi connectivity index (χ3v) is 4.55. The van der Waals surface area contributed by atoms with Crippen molar-refractivity contribution in [2.45, 2.75) is 36.9 Å². The van der Waals surface area contributed by atoms with Gasteiger partial charge in [-0.25, -0.2) is 4.98 Å². The fourth-order valence-electron chi connectivity index (χ4n) is 2.81. The van der Waals surface area contributed by atoms with Gasteiger partial charge in [-0.2, -0.15) is 5.26 Å². The first-order chi connectivity index (χ1) is 9.81. The number of para-hydroxylation sites is 1. The molecule has 0 unspecified atom stereocenters. The Kier molecular flexibility index (Phi) is 3.75. The zero-order chi connectivity index (χ0) is 13.9. The van der Waals surface area contributed by atoms with Gasteiger partial charge in [-0.05, 0) is 25.0 Å². The summed E-state index contributed by atoms with van der Waals surface area (Å²) in [5.74, 6) is 0.317. The molecule has 0 amide bonds. The summed E-state index contributed by atoms with van der Waals surface area (Å²) in [6.45, 7) is 0. The summed E-state index contributed by atoms with van der Waals surface area (Å²) in [6.07, 6.45) is 4.37. The maximum Gasteiger partial charge on any atom is 0.262 e. The van der Waals surface area contributed by atoms with E-state index >= 15 is 0 Å². The summed E-state index contributed by atoms with van der Waals surface area (Å²) >= 11 is 1.35. The van der Waals surface area contributed by atoms with Crippen LogP contribution in [0.1, 0.15) is 31.7 Å². The van der Waals surface area contributed by atoms with Gasteiger partial charge in [0.15, 0.2) is 5.16 Å². The molecule has 1 aromatic carbocycles. The summed E-state index contributed by atoms with van der Waals surface area (Å²) in [4.78, 5) is 17.3. The van der Waals surface area contributed by atoms with Crippen LogP contribution >= 0.6 is 11.8 Å². The lowest BCUT2D eigenvalue weighted by Gasteiger charge is -2.17. The van der Waals surface area contributed by atoms with Crippen molar-refractivity contribution in [3.63, 3.8) is 0 Å². The summed E-state index contributed by atoms with van der Waals surface area (Å²) in [5.41, 5.74) is 0.745. The average Bonchev–Trinajstić information content (AvgIpc) is 2.99. The Bertz CT molecular complexity index is 726. The highest BCUT2D eigenvalue weighted by Crippen LogP contribution is 2.31. The second-order valence-corrected chi connectivity index (χ2v) is 5.91. The molecular weight excluding hydrogens is 270 g/mol. The Morgan fingerprint density at radius 3 is 2.85 bits per heavy atom. The average molecular weight is 285 g/mol. The molecule has 0 saturated heterocycles. The van der Waals surface area contributed by atoms with Crippen LogP contribution in [0.2, 0.25) is 0 Å². The highest BCUT2D eigenvalue weighted by Gasteiger charge is 2.22. The minimum atomic E-state index is 0.0305. The van der Waals surface area contributed by atoms with Crippen molar-refractivity contribution < 1.29 is 0 Å². The van der Waals surface area contributed by atoms with Gasteiger partial charge in [-0.15, -0.1) is 0 Å². The van der Waals surface area contributed by atoms with Crippen LogP contribution in [-0.2, 0) is 0 Å². The second kappa shape index (κ2) is 5.68. The zero-order valence-corrected chi connectivity index (χ0v) is 11.9. The van der Waals surface area contributed by atoms with Crippen molar-refractivity contribution in [3.05, 3.63) is 34.6 Å². The Morgan fingerprint density at radius 2 is 2.10 bits per heavy atom. The monoisotopic (exact) mass is 285 g/mol. The molecule has 102 valence electrons. The van der Waals surface area contributed by atoms with Gasteiger partial charge in [0.2, 0.25) is 0 Å². The van der Waals surface area contributed by atoms with E-state index in [-0.39, 0.29) is 11.6 Å². The number of aromatic nitrogens is 2. The molecule has 0 radical (unpaired) electrons. The molecule has 0 N–H and O–H groups in total. The summed E-state index contributed by atoms with van der Waals surface area (Å²) in [5, 5.41) is 10.1. The highest BCUT2D eigenvalue weighted by molar-refractivity contribution is 7.99. The lowest BCUT2D eigenvalue weighted by Crippen LogP contribution is -2.26. The molecule has 4 nitrogen and oxygen atoms in total. The van der Waals surface area contributed by atoms with Crippen LogP contribution in [0, 0.1) is 11.3 Å². The molecule has 20 heavy (non-hydrogen) atoms. The molecule has 1 saturated carbocycles. The number of nitriles is 1. The first-order valence-electron chi connectivity index (χ1n) is 6.82. The molecule has 1 aliphatic rings. The van der Waals surface area contributed by atoms with Crippen molar-refractivity contribution in [3.8, 4) is 6.07 Å². The molecular formula is C15H15N3OS. The number of hydrogen-bond donors (Lipinski definition) is 0. The van der Waals surface area contributed by atoms with Crippen molar-refractivity contribution in [2.24, 2.45) is 0 Å². The highest BCUT2D eigenvalue weighted by atomic mass is 32.2. The Balaban J connectivity index is 2.19. The molecule has 5 heteroatoms. The summed E-state index contributed by atoms with van der Waals surface area (Å²) in [7, 11) is 0. The van der Waals surface area contributed by atoms with Gasteiger partial charge in [0.25, 0.3) is 5.56 Å². The fourth-order valence-corrected chi connectivity index (χ4v) is 3.54. The molecule has 1 heterocycles. The Morgan fingerprint density at radius 1 is 1.35 bits per heavy atom. The maximum atomic E-state index is 12.7. The lowest BCUT2D eigenvalue weighted by molar-refractivity contribution is 0.458. The van der Waals surface area contributed by atoms with E-state index in [4.69, 9.17) is 5.26 Å². The van der Waals surface area contributed by atoms with E-state index in [2.05, 4.69) is 11.1 Å². The van der Waals surface area contributed by atoms with Crippen molar-refractivity contribution >= 4 is 22.7 Å². The van der Waals surface area contributed by atoms with Crippen LogP contribution < -0.4 is 5.56 Å². The van der Waals surface area contributed by atoms with Crippen LogP contribution in [0.5, 0.6) is 0 Å². The van der Waals surface area contributed by atoms with Crippen LogP contribution in [0.4, 0.5) is 0 Å². The van der Waals surface area contributed by atoms with Crippen LogP contribution in [0.15, 0.2) is 34.2 Å². The maximum absolute atomic E-state index is 12.7. The van der Waals surface area contributed by atoms with Crippen molar-refractivity contribution in [1.29, 1.82) is 5.26 Å². The smallest absolute Gasteiger partial charge is 0.262 e. The van der Waals surface area contributed by atoms with E-state index in [1.165, 1.54) is 11.8 Å². The van der Waals surface area contributed by atoms with Gasteiger partial charge in [-0.3, -0.25) is 9.36 Å². The van der Waals surface area contributed by atoms with E-state index in [1.807, 2.05) is 28.8 Å². The standard InChI is InChI=1S/C15H15N3OS/c16-9-10-20-15-17-13-8-4-3-7-12(13)14(19)18(15)11-5-1-2-6-11/h3-4,7-8,11H,1-2,5-6,10H2. The fraction of sp³-hybridized carbons (Fsp3) is 0.400. The lowest BCUT2D eigenvalue weighted by atomic mass is 10.2. The molecule has 0 bridgehead atoms. The number of rotatable bonds is 3. The molecule has 2 aromatic rings. The molecule has 1 fully saturated rings. The largest absolute Gasteiger partial charge is 0.284 e. The SMILES string of the molecule is N#CCSc1nc2ccccc2c(=O)n1C1CCCC1. The van der Waals surface area contributed by atoms with Crippen molar-refractivity contribution in [1.82, 2.24) is 9.55 Å². The molecule has 0 spiro atoms. The topological polar surface area (TPSA) is 58.7 Å². The number of fused-ring (bicyclic) bond motifs is 1. The van der Waals surface area contributed by atoms with E-state index in [0.29, 0.717) is 21.8 Å². The van der Waals surface area contributed by atoms with Crippen molar-refractivity contribution in [2.75, 3.05) is 5.75 Å². The minimum absolute atomic E-state index is 0.0305. The Hall–Kier alpha value is -1.80. The zero-order valence-electron chi connectivity index (χ0n) is 11.1. The minimum Gasteiger partial charge on any atom is -0.284 e. The number of benzene rings is 1. The quantitative estimate of drug-likeness (QED) is 0.642. The van der Waals surface area contributed by atoms with Crippen LogP contribution in [-0.4, -0.2) is 15.3 Å². The second-order valence-electron chi connectivity index (χ2n) is 4.97. The number of hydrogen-bond acceptors (Lipinski definition) is 4. The van der Waals surface area contributed by atoms with Gasteiger partial charge >= 0.3 is 0 Å². The van der Waals surface area contributed by atoms with Gasteiger partial charge in [0.1, 0.15) is 0 Å². The Labute approximate surface area is 121 Å². The molecule has 0 atom stereocenters. The number of nitrogens with zero attached hydrogens (tertiary/aromatic N) is 3. The third-order valence-electron chi connectivity index (χ3n) is 3.73. The summed E-state index contributed by atoms with van der Waals surface area (Å²) in [6, 6.07) is 9.78. The molecule has 0 aliphatic heterocycles.